The lowest BCUT2D eigenvalue weighted by atomic mass is 10.1. The van der Waals surface area contributed by atoms with E-state index in [1.807, 2.05) is 6.92 Å². The van der Waals surface area contributed by atoms with Gasteiger partial charge in [0.25, 0.3) is 0 Å². The zero-order valence-corrected chi connectivity index (χ0v) is 13.3. The Morgan fingerprint density at radius 1 is 1.33 bits per heavy atom. The predicted octanol–water partition coefficient (Wildman–Crippen LogP) is 1.88. The number of aromatic nitrogens is 1. The Labute approximate surface area is 139 Å². The number of carbonyl (C=O) groups is 1. The molecule has 1 aromatic heterocycles. The van der Waals surface area contributed by atoms with Crippen LogP contribution in [0.25, 0.3) is 0 Å². The average molecular weight is 330 g/mol. The first-order valence-corrected chi connectivity index (χ1v) is 7.78. The molecule has 6 nitrogen and oxygen atoms in total. The number of rotatable bonds is 5. The van der Waals surface area contributed by atoms with E-state index < -0.39 is 5.82 Å². The zero-order valence-electron chi connectivity index (χ0n) is 13.3. The van der Waals surface area contributed by atoms with Gasteiger partial charge in [0, 0.05) is 24.3 Å². The molecule has 1 aliphatic rings. The highest BCUT2D eigenvalue weighted by Crippen LogP contribution is 2.25. The van der Waals surface area contributed by atoms with Gasteiger partial charge >= 0.3 is 0 Å². The Morgan fingerprint density at radius 2 is 2.17 bits per heavy atom. The number of carbonyl (C=O) groups excluding carboxylic acids is 1. The standard InChI is InChI=1S/C17H19FN4O2/c1-11-9-14(22-21-11)16(23)20-10-12-5-4-8-19-17(12)24-15-7-3-2-6-13(15)18/h2-8,11,14,21-22H,9-10H2,1H3,(H,20,23). The molecule has 0 radical (unpaired) electrons. The molecule has 1 amide bonds. The van der Waals surface area contributed by atoms with E-state index in [-0.39, 0.29) is 36.2 Å². The SMILES string of the molecule is CC1CC(C(=O)NCc2cccnc2Oc2ccccc2F)NN1. The van der Waals surface area contributed by atoms with Crippen molar-refractivity contribution >= 4 is 5.91 Å². The van der Waals surface area contributed by atoms with Gasteiger partial charge < -0.3 is 10.1 Å². The maximum atomic E-state index is 13.7. The van der Waals surface area contributed by atoms with Crippen molar-refractivity contribution in [2.75, 3.05) is 0 Å². The van der Waals surface area contributed by atoms with Gasteiger partial charge in [-0.05, 0) is 31.5 Å². The quantitative estimate of drug-likeness (QED) is 0.780. The summed E-state index contributed by atoms with van der Waals surface area (Å²) in [5.41, 5.74) is 6.63. The van der Waals surface area contributed by atoms with Crippen molar-refractivity contribution in [2.45, 2.75) is 32.0 Å². The maximum Gasteiger partial charge on any atom is 0.238 e. The van der Waals surface area contributed by atoms with Crippen molar-refractivity contribution < 1.29 is 13.9 Å². The molecule has 1 aliphatic heterocycles. The van der Waals surface area contributed by atoms with Crippen LogP contribution in [0.5, 0.6) is 11.6 Å². The van der Waals surface area contributed by atoms with Gasteiger partial charge in [0.05, 0.1) is 0 Å². The van der Waals surface area contributed by atoms with E-state index in [2.05, 4.69) is 21.2 Å². The molecule has 2 unspecified atom stereocenters. The van der Waals surface area contributed by atoms with E-state index in [9.17, 15) is 9.18 Å². The van der Waals surface area contributed by atoms with Crippen LogP contribution in [0.1, 0.15) is 18.9 Å². The molecular formula is C17H19FN4O2. The van der Waals surface area contributed by atoms with Crippen LogP contribution in [-0.4, -0.2) is 23.0 Å². The van der Waals surface area contributed by atoms with Gasteiger partial charge in [-0.2, -0.15) is 0 Å². The Hall–Kier alpha value is -2.51. The summed E-state index contributed by atoms with van der Waals surface area (Å²) in [6.45, 7) is 2.25. The minimum absolute atomic E-state index is 0.0965. The molecule has 0 bridgehead atoms. The van der Waals surface area contributed by atoms with Crippen LogP contribution in [0.2, 0.25) is 0 Å². The third-order valence-corrected chi connectivity index (χ3v) is 3.76. The maximum absolute atomic E-state index is 13.7. The third-order valence-electron chi connectivity index (χ3n) is 3.76. The van der Waals surface area contributed by atoms with Crippen LogP contribution >= 0.6 is 0 Å². The van der Waals surface area contributed by atoms with Crippen molar-refractivity contribution in [1.82, 2.24) is 21.2 Å². The number of hydrogen-bond donors (Lipinski definition) is 3. The number of halogens is 1. The van der Waals surface area contributed by atoms with Crippen LogP contribution in [0.4, 0.5) is 4.39 Å². The number of hydrazine groups is 1. The van der Waals surface area contributed by atoms with Crippen molar-refractivity contribution in [3.05, 3.63) is 54.0 Å². The largest absolute Gasteiger partial charge is 0.436 e. The molecule has 2 heterocycles. The smallest absolute Gasteiger partial charge is 0.238 e. The van der Waals surface area contributed by atoms with Crippen molar-refractivity contribution in [1.29, 1.82) is 0 Å². The minimum atomic E-state index is -0.464. The summed E-state index contributed by atoms with van der Waals surface area (Å²) in [6, 6.07) is 9.63. The predicted molar refractivity (Wildman–Crippen MR) is 86.7 cm³/mol. The van der Waals surface area contributed by atoms with Gasteiger partial charge in [0.15, 0.2) is 11.6 Å². The zero-order chi connectivity index (χ0) is 16.9. The molecule has 2 atom stereocenters. The van der Waals surface area contributed by atoms with Gasteiger partial charge in [-0.15, -0.1) is 0 Å². The summed E-state index contributed by atoms with van der Waals surface area (Å²) >= 11 is 0. The molecule has 7 heteroatoms. The molecule has 1 saturated heterocycles. The molecule has 0 aliphatic carbocycles. The van der Waals surface area contributed by atoms with Gasteiger partial charge in [0.2, 0.25) is 11.8 Å². The number of amides is 1. The second-order valence-corrected chi connectivity index (χ2v) is 5.70. The molecule has 1 aromatic carbocycles. The second-order valence-electron chi connectivity index (χ2n) is 5.70. The normalized spacial score (nSPS) is 19.9. The fourth-order valence-electron chi connectivity index (χ4n) is 2.47. The number of nitrogens with zero attached hydrogens (tertiary/aromatic N) is 1. The van der Waals surface area contributed by atoms with E-state index in [1.54, 1.807) is 30.5 Å². The number of para-hydroxylation sites is 1. The van der Waals surface area contributed by atoms with Gasteiger partial charge in [-0.25, -0.2) is 14.8 Å². The summed E-state index contributed by atoms with van der Waals surface area (Å²) in [5, 5.41) is 2.85. The van der Waals surface area contributed by atoms with Gasteiger partial charge in [-0.3, -0.25) is 10.2 Å². The van der Waals surface area contributed by atoms with Crippen molar-refractivity contribution in [2.24, 2.45) is 0 Å². The number of nitrogens with one attached hydrogen (secondary N) is 3. The molecule has 0 spiro atoms. The fourth-order valence-corrected chi connectivity index (χ4v) is 2.47. The number of hydrogen-bond acceptors (Lipinski definition) is 5. The Bertz CT molecular complexity index is 725. The van der Waals surface area contributed by atoms with Crippen LogP contribution in [0, 0.1) is 5.82 Å². The molecule has 24 heavy (non-hydrogen) atoms. The van der Waals surface area contributed by atoms with E-state index in [1.165, 1.54) is 12.1 Å². The lowest BCUT2D eigenvalue weighted by Crippen LogP contribution is -2.43. The first-order valence-electron chi connectivity index (χ1n) is 7.78. The highest BCUT2D eigenvalue weighted by Gasteiger charge is 2.26. The van der Waals surface area contributed by atoms with Crippen molar-refractivity contribution in [3.8, 4) is 11.6 Å². The molecule has 2 aromatic rings. The van der Waals surface area contributed by atoms with Gasteiger partial charge in [0.1, 0.15) is 6.04 Å². The van der Waals surface area contributed by atoms with Crippen molar-refractivity contribution in [3.63, 3.8) is 0 Å². The third kappa shape index (κ3) is 3.87. The second kappa shape index (κ2) is 7.37. The lowest BCUT2D eigenvalue weighted by Gasteiger charge is -2.13. The molecular weight excluding hydrogens is 311 g/mol. The average Bonchev–Trinajstić information content (AvgIpc) is 3.02. The van der Waals surface area contributed by atoms with E-state index in [0.29, 0.717) is 5.56 Å². The summed E-state index contributed by atoms with van der Waals surface area (Å²) in [7, 11) is 0. The highest BCUT2D eigenvalue weighted by molar-refractivity contribution is 5.82. The molecule has 1 fully saturated rings. The van der Waals surface area contributed by atoms with E-state index in [0.717, 1.165) is 6.42 Å². The number of benzene rings is 1. The van der Waals surface area contributed by atoms with Gasteiger partial charge in [-0.1, -0.05) is 18.2 Å². The van der Waals surface area contributed by atoms with Crippen LogP contribution in [-0.2, 0) is 11.3 Å². The summed E-state index contributed by atoms with van der Waals surface area (Å²) in [5.74, 6) is -0.200. The Morgan fingerprint density at radius 3 is 2.92 bits per heavy atom. The van der Waals surface area contributed by atoms with Crippen LogP contribution in [0.15, 0.2) is 42.6 Å². The monoisotopic (exact) mass is 330 g/mol. The summed E-state index contributed by atoms with van der Waals surface area (Å²) < 4.78 is 19.3. The first kappa shape index (κ1) is 16.4. The number of pyridine rings is 1. The Balaban J connectivity index is 1.66. The molecule has 3 rings (SSSR count). The molecule has 3 N–H and O–H groups in total. The lowest BCUT2D eigenvalue weighted by molar-refractivity contribution is -0.123. The first-order chi connectivity index (χ1) is 11.6. The molecule has 126 valence electrons. The van der Waals surface area contributed by atoms with Crippen LogP contribution < -0.4 is 20.9 Å². The van der Waals surface area contributed by atoms with Crippen LogP contribution in [0.3, 0.4) is 0 Å². The fraction of sp³-hybridized carbons (Fsp3) is 0.294. The van der Waals surface area contributed by atoms with E-state index in [4.69, 9.17) is 4.74 Å². The topological polar surface area (TPSA) is 75.3 Å². The summed E-state index contributed by atoms with van der Waals surface area (Å²) in [4.78, 5) is 16.3. The highest BCUT2D eigenvalue weighted by atomic mass is 19.1. The minimum Gasteiger partial charge on any atom is -0.436 e. The van der Waals surface area contributed by atoms with E-state index >= 15 is 0 Å². The number of ether oxygens (including phenoxy) is 1. The Kier molecular flexibility index (Phi) is 5.02. The summed E-state index contributed by atoms with van der Waals surface area (Å²) in [6.07, 6.45) is 2.28. The molecule has 0 saturated carbocycles.